The van der Waals surface area contributed by atoms with Crippen molar-refractivity contribution in [3.05, 3.63) is 64.4 Å². The predicted molar refractivity (Wildman–Crippen MR) is 122 cm³/mol. The molecule has 0 spiro atoms. The summed E-state index contributed by atoms with van der Waals surface area (Å²) in [7, 11) is 0. The molecular formula is C22H24N4O4S2. The zero-order valence-electron chi connectivity index (χ0n) is 17.5. The second kappa shape index (κ2) is 10.0. The van der Waals surface area contributed by atoms with E-state index in [0.717, 1.165) is 48.9 Å². The summed E-state index contributed by atoms with van der Waals surface area (Å²) in [5.41, 5.74) is 2.04. The topological polar surface area (TPSA) is 86.7 Å². The summed E-state index contributed by atoms with van der Waals surface area (Å²) in [5, 5.41) is 3.27. The van der Waals surface area contributed by atoms with E-state index in [-0.39, 0.29) is 5.92 Å². The summed E-state index contributed by atoms with van der Waals surface area (Å²) in [4.78, 5) is 15.8. The highest BCUT2D eigenvalue weighted by molar-refractivity contribution is 7.75. The van der Waals surface area contributed by atoms with E-state index in [2.05, 4.69) is 20.2 Å². The number of nitrogens with zero attached hydrogens (tertiary/aromatic N) is 4. The maximum absolute atomic E-state index is 11.1. The van der Waals surface area contributed by atoms with Crippen molar-refractivity contribution in [1.29, 1.82) is 0 Å². The summed E-state index contributed by atoms with van der Waals surface area (Å²) in [6.45, 7) is 3.12. The van der Waals surface area contributed by atoms with Gasteiger partial charge in [0.1, 0.15) is 12.4 Å². The van der Waals surface area contributed by atoms with Crippen LogP contribution in [-0.4, -0.2) is 45.5 Å². The first kappa shape index (κ1) is 21.4. The molecule has 0 amide bonds. The lowest BCUT2D eigenvalue weighted by atomic mass is 9.98. The predicted octanol–water partition coefficient (Wildman–Crippen LogP) is 3.61. The van der Waals surface area contributed by atoms with Crippen molar-refractivity contribution in [1.82, 2.24) is 15.0 Å². The summed E-state index contributed by atoms with van der Waals surface area (Å²) in [6, 6.07) is 9.72. The Morgan fingerprint density at radius 3 is 2.50 bits per heavy atom. The van der Waals surface area contributed by atoms with Crippen LogP contribution in [0.4, 0.5) is 5.95 Å². The minimum atomic E-state index is -1.61. The van der Waals surface area contributed by atoms with Gasteiger partial charge in [-0.05, 0) is 36.6 Å². The minimum Gasteiger partial charge on any atom is -0.487 e. The third-order valence-electron chi connectivity index (χ3n) is 5.72. The van der Waals surface area contributed by atoms with Crippen molar-refractivity contribution in [3.8, 4) is 5.75 Å². The number of piperidine rings is 1. The van der Waals surface area contributed by atoms with Crippen LogP contribution in [0.2, 0.25) is 0 Å². The molecule has 0 saturated carbocycles. The Balaban J connectivity index is 1.11. The van der Waals surface area contributed by atoms with Gasteiger partial charge in [-0.3, -0.25) is 8.37 Å². The minimum absolute atomic E-state index is 0.0859. The van der Waals surface area contributed by atoms with Crippen molar-refractivity contribution < 1.29 is 17.3 Å². The summed E-state index contributed by atoms with van der Waals surface area (Å²) < 4.78 is 27.2. The molecule has 2 aliphatic heterocycles. The van der Waals surface area contributed by atoms with Gasteiger partial charge in [0.15, 0.2) is 0 Å². The van der Waals surface area contributed by atoms with Crippen molar-refractivity contribution in [2.45, 2.75) is 31.3 Å². The molecule has 0 N–H and O–H groups in total. The fourth-order valence-corrected chi connectivity index (χ4v) is 5.50. The zero-order valence-corrected chi connectivity index (χ0v) is 19.1. The molecule has 10 heteroatoms. The first-order chi connectivity index (χ1) is 15.7. The van der Waals surface area contributed by atoms with E-state index in [1.54, 1.807) is 23.7 Å². The average Bonchev–Trinajstić information content (AvgIpc) is 3.33. The van der Waals surface area contributed by atoms with Gasteiger partial charge in [-0.25, -0.2) is 15.0 Å². The number of anilines is 1. The van der Waals surface area contributed by atoms with E-state index in [1.165, 1.54) is 5.01 Å². The molecule has 8 nitrogen and oxygen atoms in total. The van der Waals surface area contributed by atoms with Crippen LogP contribution >= 0.6 is 11.3 Å². The highest BCUT2D eigenvalue weighted by Gasteiger charge is 2.24. The van der Waals surface area contributed by atoms with Crippen LogP contribution in [0.3, 0.4) is 0 Å². The molecule has 2 aromatic heterocycles. The number of thiazole rings is 1. The van der Waals surface area contributed by atoms with Gasteiger partial charge in [-0.15, -0.1) is 11.3 Å². The summed E-state index contributed by atoms with van der Waals surface area (Å²) in [6.07, 6.45) is 5.68. The van der Waals surface area contributed by atoms with Gasteiger partial charge in [0.05, 0.1) is 23.9 Å². The highest BCUT2D eigenvalue weighted by Crippen LogP contribution is 2.31. The second-order valence-corrected chi connectivity index (χ2v) is 9.58. The van der Waals surface area contributed by atoms with E-state index < -0.39 is 11.4 Å². The lowest BCUT2D eigenvalue weighted by molar-refractivity contribution is 0.160. The highest BCUT2D eigenvalue weighted by atomic mass is 32.2. The van der Waals surface area contributed by atoms with Crippen LogP contribution < -0.4 is 9.64 Å². The van der Waals surface area contributed by atoms with E-state index in [0.29, 0.717) is 25.7 Å². The van der Waals surface area contributed by atoms with E-state index >= 15 is 0 Å². The van der Waals surface area contributed by atoms with Crippen LogP contribution in [0.5, 0.6) is 5.75 Å². The van der Waals surface area contributed by atoms with Gasteiger partial charge in [0.2, 0.25) is 5.95 Å². The normalized spacial score (nSPS) is 22.1. The van der Waals surface area contributed by atoms with Crippen LogP contribution in [0.15, 0.2) is 48.1 Å². The lowest BCUT2D eigenvalue weighted by Crippen LogP contribution is -2.34. The number of benzene rings is 1. The first-order valence-electron chi connectivity index (χ1n) is 10.6. The molecule has 168 valence electrons. The molecule has 32 heavy (non-hydrogen) atoms. The summed E-state index contributed by atoms with van der Waals surface area (Å²) in [5.74, 6) is 2.16. The maximum Gasteiger partial charge on any atom is 0.304 e. The van der Waals surface area contributed by atoms with Crippen molar-refractivity contribution in [2.24, 2.45) is 0 Å². The Morgan fingerprint density at radius 1 is 1.06 bits per heavy atom. The van der Waals surface area contributed by atoms with Gasteiger partial charge < -0.3 is 9.64 Å². The first-order valence-corrected chi connectivity index (χ1v) is 12.5. The largest absolute Gasteiger partial charge is 0.487 e. The number of hydrogen-bond acceptors (Lipinski definition) is 9. The van der Waals surface area contributed by atoms with E-state index in [9.17, 15) is 4.21 Å². The fraction of sp³-hybridized carbons (Fsp3) is 0.409. The average molecular weight is 473 g/mol. The monoisotopic (exact) mass is 472 g/mol. The quantitative estimate of drug-likeness (QED) is 0.538. The third-order valence-corrected chi connectivity index (χ3v) is 7.43. The number of rotatable bonds is 6. The SMILES string of the molecule is O=S1OCC(c2ccc(OCc3csc(C4CCN(c5ncccn5)CC4)n3)cc2)CO1. The van der Waals surface area contributed by atoms with E-state index in [4.69, 9.17) is 18.1 Å². The van der Waals surface area contributed by atoms with Crippen LogP contribution in [0.1, 0.15) is 40.9 Å². The Bertz CT molecular complexity index is 1030. The standard InChI is InChI=1S/C22H24N4O4S2/c27-32-29-12-18(13-30-32)16-2-4-20(5-3-16)28-14-19-15-31-21(25-19)17-6-10-26(11-7-17)22-23-8-1-9-24-22/h1-5,8-9,15,17-18H,6-7,10-14H2. The molecule has 2 aliphatic rings. The summed E-state index contributed by atoms with van der Waals surface area (Å²) >= 11 is 0.103. The van der Waals surface area contributed by atoms with Crippen LogP contribution in [0.25, 0.3) is 0 Å². The molecule has 3 aromatic rings. The molecule has 5 rings (SSSR count). The lowest BCUT2D eigenvalue weighted by Gasteiger charge is -2.30. The number of hydrogen-bond donors (Lipinski definition) is 0. The number of aromatic nitrogens is 3. The zero-order chi connectivity index (χ0) is 21.8. The van der Waals surface area contributed by atoms with E-state index in [1.807, 2.05) is 30.3 Å². The smallest absolute Gasteiger partial charge is 0.304 e. The fourth-order valence-electron chi connectivity index (χ4n) is 3.90. The molecule has 0 unspecified atom stereocenters. The molecule has 0 aliphatic carbocycles. The van der Waals surface area contributed by atoms with Gasteiger partial charge >= 0.3 is 11.4 Å². The van der Waals surface area contributed by atoms with Gasteiger partial charge in [0.25, 0.3) is 0 Å². The van der Waals surface area contributed by atoms with Gasteiger partial charge in [-0.2, -0.15) is 4.21 Å². The Morgan fingerprint density at radius 2 is 1.78 bits per heavy atom. The van der Waals surface area contributed by atoms with Crippen molar-refractivity contribution in [3.63, 3.8) is 0 Å². The Hall–Kier alpha value is -2.40. The third kappa shape index (κ3) is 5.15. The molecule has 0 atom stereocenters. The second-order valence-electron chi connectivity index (χ2n) is 7.81. The Kier molecular flexibility index (Phi) is 6.72. The van der Waals surface area contributed by atoms with Gasteiger partial charge in [0, 0.05) is 42.7 Å². The van der Waals surface area contributed by atoms with Crippen molar-refractivity contribution >= 4 is 28.6 Å². The Labute approximate surface area is 193 Å². The molecule has 2 fully saturated rings. The maximum atomic E-state index is 11.1. The van der Waals surface area contributed by atoms with Crippen molar-refractivity contribution in [2.75, 3.05) is 31.2 Å². The molecule has 2 saturated heterocycles. The van der Waals surface area contributed by atoms with Crippen LogP contribution in [0, 0.1) is 0 Å². The number of ether oxygens (including phenoxy) is 1. The molecule has 0 radical (unpaired) electrons. The molecule has 0 bridgehead atoms. The van der Waals surface area contributed by atoms with Gasteiger partial charge in [-0.1, -0.05) is 12.1 Å². The molecule has 4 heterocycles. The molecule has 1 aromatic carbocycles. The molecular weight excluding hydrogens is 448 g/mol. The van der Waals surface area contributed by atoms with Crippen LogP contribution in [-0.2, 0) is 26.3 Å².